The maximum absolute atomic E-state index is 12.6. The van der Waals surface area contributed by atoms with E-state index in [2.05, 4.69) is 4.99 Å². The van der Waals surface area contributed by atoms with Gasteiger partial charge in [-0.1, -0.05) is 60.7 Å². The molecule has 23 heavy (non-hydrogen) atoms. The smallest absolute Gasteiger partial charge is 0.345 e. The molecule has 1 heterocycles. The molecule has 0 aliphatic carbocycles. The van der Waals surface area contributed by atoms with Crippen LogP contribution >= 0.6 is 0 Å². The minimum absolute atomic E-state index is 0.340. The number of fused-ring (bicyclic) bond motifs is 1. The Bertz CT molecular complexity index is 925. The average Bonchev–Trinajstić information content (AvgIpc) is 2.91. The summed E-state index contributed by atoms with van der Waals surface area (Å²) in [6.45, 7) is 1.81. The van der Waals surface area contributed by atoms with Gasteiger partial charge in [0.15, 0.2) is 5.54 Å². The highest BCUT2D eigenvalue weighted by Gasteiger charge is 2.44. The Hall–Kier alpha value is -2.94. The summed E-state index contributed by atoms with van der Waals surface area (Å²) in [5, 5.41) is 2.11. The number of cyclic esters (lactones) is 1. The van der Waals surface area contributed by atoms with Crippen molar-refractivity contribution in [2.45, 2.75) is 12.5 Å². The lowest BCUT2D eigenvalue weighted by Crippen LogP contribution is -2.27. The molecule has 3 heteroatoms. The highest BCUT2D eigenvalue weighted by molar-refractivity contribution is 6.09. The van der Waals surface area contributed by atoms with Crippen molar-refractivity contribution in [1.82, 2.24) is 0 Å². The summed E-state index contributed by atoms with van der Waals surface area (Å²) in [5.74, 6) is 0.0405. The van der Waals surface area contributed by atoms with E-state index in [1.807, 2.05) is 79.7 Å². The number of ether oxygens (including phenoxy) is 1. The number of aliphatic imine (C=N–C) groups is 1. The molecule has 1 aliphatic rings. The van der Waals surface area contributed by atoms with Crippen molar-refractivity contribution in [3.8, 4) is 0 Å². The van der Waals surface area contributed by atoms with E-state index in [4.69, 9.17) is 4.74 Å². The van der Waals surface area contributed by atoms with Gasteiger partial charge >= 0.3 is 5.97 Å². The molecule has 0 N–H and O–H groups in total. The van der Waals surface area contributed by atoms with E-state index in [9.17, 15) is 4.79 Å². The number of rotatable bonds is 2. The van der Waals surface area contributed by atoms with Crippen LogP contribution in [0, 0.1) is 0 Å². The molecule has 112 valence electrons. The highest BCUT2D eigenvalue weighted by Crippen LogP contribution is 2.37. The van der Waals surface area contributed by atoms with Gasteiger partial charge in [0.05, 0.1) is 0 Å². The molecule has 1 aliphatic heterocycles. The van der Waals surface area contributed by atoms with Gasteiger partial charge in [-0.3, -0.25) is 0 Å². The topological polar surface area (TPSA) is 38.7 Å². The molecule has 3 nitrogen and oxygen atoms in total. The van der Waals surface area contributed by atoms with Gasteiger partial charge < -0.3 is 4.74 Å². The number of carbonyl (C=O) groups excluding carboxylic acids is 1. The zero-order chi connectivity index (χ0) is 15.9. The summed E-state index contributed by atoms with van der Waals surface area (Å²) in [7, 11) is 0. The Labute approximate surface area is 134 Å². The summed E-state index contributed by atoms with van der Waals surface area (Å²) in [6.07, 6.45) is 0. The molecular formula is C20H15NO2. The fourth-order valence-electron chi connectivity index (χ4n) is 2.98. The minimum atomic E-state index is -1.02. The van der Waals surface area contributed by atoms with Gasteiger partial charge in [0.1, 0.15) is 0 Å². The molecule has 3 aromatic rings. The molecule has 0 amide bonds. The van der Waals surface area contributed by atoms with E-state index >= 15 is 0 Å². The van der Waals surface area contributed by atoms with E-state index < -0.39 is 5.54 Å². The third-order valence-corrected chi connectivity index (χ3v) is 4.25. The monoisotopic (exact) mass is 301 g/mol. The van der Waals surface area contributed by atoms with E-state index in [0.29, 0.717) is 5.90 Å². The Balaban J connectivity index is 1.89. The second kappa shape index (κ2) is 5.06. The first-order valence-electron chi connectivity index (χ1n) is 7.54. The molecule has 0 spiro atoms. The number of carbonyl (C=O) groups is 1. The second-order valence-electron chi connectivity index (χ2n) is 5.77. The third kappa shape index (κ3) is 2.13. The molecule has 0 saturated heterocycles. The number of esters is 1. The summed E-state index contributed by atoms with van der Waals surface area (Å²) in [5.41, 5.74) is 0.655. The van der Waals surface area contributed by atoms with Gasteiger partial charge in [-0.25, -0.2) is 9.79 Å². The van der Waals surface area contributed by atoms with Crippen LogP contribution in [0.1, 0.15) is 18.1 Å². The van der Waals surface area contributed by atoms with Crippen molar-refractivity contribution in [3.63, 3.8) is 0 Å². The molecule has 0 bridgehead atoms. The molecule has 1 atom stereocenters. The van der Waals surface area contributed by atoms with Gasteiger partial charge in [-0.05, 0) is 35.4 Å². The van der Waals surface area contributed by atoms with Gasteiger partial charge in [0.25, 0.3) is 0 Å². The predicted molar refractivity (Wildman–Crippen MR) is 90.4 cm³/mol. The second-order valence-corrected chi connectivity index (χ2v) is 5.77. The average molecular weight is 301 g/mol. The number of nitrogens with zero attached hydrogens (tertiary/aromatic N) is 1. The lowest BCUT2D eigenvalue weighted by atomic mass is 9.89. The Morgan fingerprint density at radius 3 is 2.39 bits per heavy atom. The van der Waals surface area contributed by atoms with Crippen molar-refractivity contribution in [2.75, 3.05) is 0 Å². The van der Waals surface area contributed by atoms with Crippen LogP contribution in [0.5, 0.6) is 0 Å². The fourth-order valence-corrected chi connectivity index (χ4v) is 2.98. The zero-order valence-corrected chi connectivity index (χ0v) is 12.7. The lowest BCUT2D eigenvalue weighted by molar-refractivity contribution is -0.138. The molecule has 3 aromatic carbocycles. The van der Waals surface area contributed by atoms with Gasteiger partial charge in [0, 0.05) is 5.56 Å². The van der Waals surface area contributed by atoms with Crippen LogP contribution in [-0.4, -0.2) is 11.9 Å². The first-order chi connectivity index (χ1) is 11.2. The predicted octanol–water partition coefficient (Wildman–Crippen LogP) is 4.06. The summed E-state index contributed by atoms with van der Waals surface area (Å²) >= 11 is 0. The van der Waals surface area contributed by atoms with Crippen LogP contribution in [0.15, 0.2) is 77.8 Å². The van der Waals surface area contributed by atoms with Gasteiger partial charge in [-0.15, -0.1) is 0 Å². The van der Waals surface area contributed by atoms with Crippen LogP contribution in [-0.2, 0) is 15.1 Å². The number of hydrogen-bond acceptors (Lipinski definition) is 3. The van der Waals surface area contributed by atoms with Crippen LogP contribution in [0.25, 0.3) is 10.8 Å². The van der Waals surface area contributed by atoms with Gasteiger partial charge in [-0.2, -0.15) is 0 Å². The minimum Gasteiger partial charge on any atom is -0.405 e. The van der Waals surface area contributed by atoms with Crippen molar-refractivity contribution in [3.05, 3.63) is 83.9 Å². The quantitative estimate of drug-likeness (QED) is 0.670. The maximum atomic E-state index is 12.6. The van der Waals surface area contributed by atoms with Crippen molar-refractivity contribution < 1.29 is 9.53 Å². The first kappa shape index (κ1) is 13.7. The molecule has 0 fully saturated rings. The summed E-state index contributed by atoms with van der Waals surface area (Å²) < 4.78 is 5.48. The van der Waals surface area contributed by atoms with E-state index in [0.717, 1.165) is 21.9 Å². The van der Waals surface area contributed by atoms with Crippen molar-refractivity contribution in [1.29, 1.82) is 0 Å². The highest BCUT2D eigenvalue weighted by atomic mass is 16.6. The van der Waals surface area contributed by atoms with Crippen molar-refractivity contribution >= 4 is 22.6 Å². The summed E-state index contributed by atoms with van der Waals surface area (Å²) in [4.78, 5) is 17.2. The lowest BCUT2D eigenvalue weighted by Gasteiger charge is -2.18. The van der Waals surface area contributed by atoms with Gasteiger partial charge in [0.2, 0.25) is 5.90 Å². The van der Waals surface area contributed by atoms with Crippen molar-refractivity contribution in [2.24, 2.45) is 4.99 Å². The largest absolute Gasteiger partial charge is 0.405 e. The third-order valence-electron chi connectivity index (χ3n) is 4.25. The molecule has 0 radical (unpaired) electrons. The van der Waals surface area contributed by atoms with E-state index in [1.165, 1.54) is 0 Å². The number of hydrogen-bond donors (Lipinski definition) is 0. The Morgan fingerprint density at radius 2 is 1.57 bits per heavy atom. The van der Waals surface area contributed by atoms with Crippen LogP contribution < -0.4 is 0 Å². The standard InChI is InChI=1S/C20H15NO2/c1-20(17-13-7-11-14-8-5-6-12-16(14)17)19(22)23-18(21-20)15-9-3-2-4-10-15/h2-13H,1H3. The normalized spacial score (nSPS) is 20.4. The summed E-state index contributed by atoms with van der Waals surface area (Å²) in [6, 6.07) is 23.4. The van der Waals surface area contributed by atoms with Crippen LogP contribution in [0.3, 0.4) is 0 Å². The molecule has 4 rings (SSSR count). The Kier molecular flexibility index (Phi) is 3.01. The SMILES string of the molecule is CC1(c2cccc3ccccc23)N=C(c2ccccc2)OC1=O. The maximum Gasteiger partial charge on any atom is 0.345 e. The molecular weight excluding hydrogens is 286 g/mol. The Morgan fingerprint density at radius 1 is 0.870 bits per heavy atom. The molecule has 0 aromatic heterocycles. The number of benzene rings is 3. The first-order valence-corrected chi connectivity index (χ1v) is 7.54. The molecule has 1 unspecified atom stereocenters. The van der Waals surface area contributed by atoms with E-state index in [1.54, 1.807) is 0 Å². The van der Waals surface area contributed by atoms with Crippen LogP contribution in [0.4, 0.5) is 0 Å². The molecule has 0 saturated carbocycles. The fraction of sp³-hybridized carbons (Fsp3) is 0.100. The zero-order valence-electron chi connectivity index (χ0n) is 12.7. The van der Waals surface area contributed by atoms with Crippen LogP contribution in [0.2, 0.25) is 0 Å². The van der Waals surface area contributed by atoms with E-state index in [-0.39, 0.29) is 5.97 Å².